The standard InChI is InChI=1S/C20H23FN2O4S2/c1-13-2-5-17-14(10-13)11-18(28-17)20(24)22-15-3-4-16(21)19(12-15)29(25,26)23-6-8-27-9-7-23/h3-4,11-13H,2,5-10H2,1H3,(H,22,24)/t13-/m0/s1. The molecule has 156 valence electrons. The average molecular weight is 439 g/mol. The molecule has 0 bridgehead atoms. The van der Waals surface area contributed by atoms with Crippen LogP contribution in [0.2, 0.25) is 0 Å². The van der Waals surface area contributed by atoms with E-state index in [1.807, 2.05) is 6.07 Å². The van der Waals surface area contributed by atoms with Gasteiger partial charge >= 0.3 is 0 Å². The smallest absolute Gasteiger partial charge is 0.265 e. The van der Waals surface area contributed by atoms with Crippen LogP contribution < -0.4 is 5.32 Å². The maximum absolute atomic E-state index is 14.3. The maximum Gasteiger partial charge on any atom is 0.265 e. The van der Waals surface area contributed by atoms with Crippen molar-refractivity contribution in [3.63, 3.8) is 0 Å². The minimum Gasteiger partial charge on any atom is -0.379 e. The molecule has 9 heteroatoms. The second kappa shape index (κ2) is 8.14. The highest BCUT2D eigenvalue weighted by Gasteiger charge is 2.29. The third-order valence-corrected chi connectivity index (χ3v) is 8.48. The summed E-state index contributed by atoms with van der Waals surface area (Å²) in [7, 11) is -3.99. The Labute approximate surface area is 173 Å². The fourth-order valence-corrected chi connectivity index (χ4v) is 6.32. The van der Waals surface area contributed by atoms with Gasteiger partial charge in [-0.05, 0) is 55.0 Å². The molecule has 0 radical (unpaired) electrons. The number of hydrogen-bond acceptors (Lipinski definition) is 5. The van der Waals surface area contributed by atoms with Crippen molar-refractivity contribution in [1.82, 2.24) is 4.31 Å². The molecule has 1 N–H and O–H groups in total. The van der Waals surface area contributed by atoms with Crippen molar-refractivity contribution in [3.8, 4) is 0 Å². The molecule has 1 fully saturated rings. The highest BCUT2D eigenvalue weighted by molar-refractivity contribution is 7.89. The van der Waals surface area contributed by atoms with Crippen LogP contribution in [-0.4, -0.2) is 44.9 Å². The number of nitrogens with one attached hydrogen (secondary N) is 1. The molecule has 2 aliphatic rings. The molecular formula is C20H23FN2O4S2. The van der Waals surface area contributed by atoms with E-state index in [0.717, 1.165) is 25.3 Å². The molecule has 2 heterocycles. The molecule has 0 spiro atoms. The molecule has 2 aromatic rings. The van der Waals surface area contributed by atoms with Gasteiger partial charge < -0.3 is 10.1 Å². The van der Waals surface area contributed by atoms with E-state index in [-0.39, 0.29) is 37.9 Å². The monoisotopic (exact) mass is 438 g/mol. The first-order valence-electron chi connectivity index (χ1n) is 9.65. The van der Waals surface area contributed by atoms with Crippen molar-refractivity contribution in [2.75, 3.05) is 31.6 Å². The Balaban J connectivity index is 1.55. The summed E-state index contributed by atoms with van der Waals surface area (Å²) in [6.45, 7) is 3.11. The normalized spacial score (nSPS) is 20.3. The van der Waals surface area contributed by atoms with Crippen LogP contribution in [0.1, 0.15) is 33.5 Å². The van der Waals surface area contributed by atoms with Crippen LogP contribution >= 0.6 is 11.3 Å². The molecule has 0 unspecified atom stereocenters. The van der Waals surface area contributed by atoms with Crippen LogP contribution in [0.5, 0.6) is 0 Å². The highest BCUT2D eigenvalue weighted by atomic mass is 32.2. The number of hydrogen-bond donors (Lipinski definition) is 1. The first-order valence-corrected chi connectivity index (χ1v) is 11.9. The number of aryl methyl sites for hydroxylation is 1. The van der Waals surface area contributed by atoms with E-state index in [9.17, 15) is 17.6 Å². The summed E-state index contributed by atoms with van der Waals surface area (Å²) in [5.74, 6) is -0.536. The Hall–Kier alpha value is -1.81. The van der Waals surface area contributed by atoms with E-state index in [1.54, 1.807) is 0 Å². The third-order valence-electron chi connectivity index (χ3n) is 5.33. The number of benzene rings is 1. The Morgan fingerprint density at radius 3 is 2.79 bits per heavy atom. The number of amides is 1. The van der Waals surface area contributed by atoms with Gasteiger partial charge in [-0.15, -0.1) is 11.3 Å². The zero-order valence-corrected chi connectivity index (χ0v) is 17.7. The Kier molecular flexibility index (Phi) is 5.74. The predicted octanol–water partition coefficient (Wildman–Crippen LogP) is 3.29. The number of morpholine rings is 1. The minimum atomic E-state index is -3.99. The van der Waals surface area contributed by atoms with Crippen LogP contribution in [0.3, 0.4) is 0 Å². The van der Waals surface area contributed by atoms with Crippen LogP contribution in [0.15, 0.2) is 29.2 Å². The maximum atomic E-state index is 14.3. The third kappa shape index (κ3) is 4.23. The van der Waals surface area contributed by atoms with Gasteiger partial charge in [0, 0.05) is 23.7 Å². The minimum absolute atomic E-state index is 0.178. The van der Waals surface area contributed by atoms with Crippen molar-refractivity contribution in [1.29, 1.82) is 0 Å². The molecule has 1 aromatic carbocycles. The van der Waals surface area contributed by atoms with Crippen molar-refractivity contribution >= 4 is 33.0 Å². The molecule has 1 amide bonds. The average Bonchev–Trinajstić information content (AvgIpc) is 3.13. The Morgan fingerprint density at radius 2 is 2.03 bits per heavy atom. The summed E-state index contributed by atoms with van der Waals surface area (Å²) in [5.41, 5.74) is 1.47. The lowest BCUT2D eigenvalue weighted by Gasteiger charge is -2.26. The molecule has 4 rings (SSSR count). The van der Waals surface area contributed by atoms with E-state index in [4.69, 9.17) is 4.74 Å². The van der Waals surface area contributed by atoms with Crippen LogP contribution in [-0.2, 0) is 27.6 Å². The number of ether oxygens (including phenoxy) is 1. The lowest BCUT2D eigenvalue weighted by atomic mass is 9.90. The molecule has 29 heavy (non-hydrogen) atoms. The van der Waals surface area contributed by atoms with Gasteiger partial charge in [-0.3, -0.25) is 4.79 Å². The van der Waals surface area contributed by atoms with E-state index in [0.29, 0.717) is 10.8 Å². The van der Waals surface area contributed by atoms with E-state index in [2.05, 4.69) is 12.2 Å². The summed E-state index contributed by atoms with van der Waals surface area (Å²) in [4.78, 5) is 14.1. The Morgan fingerprint density at radius 1 is 1.28 bits per heavy atom. The molecule has 1 atom stereocenters. The lowest BCUT2D eigenvalue weighted by Crippen LogP contribution is -2.40. The summed E-state index contributed by atoms with van der Waals surface area (Å²) < 4.78 is 46.3. The van der Waals surface area contributed by atoms with Gasteiger partial charge in [0.1, 0.15) is 10.7 Å². The first-order chi connectivity index (χ1) is 13.8. The summed E-state index contributed by atoms with van der Waals surface area (Å²) in [6.07, 6.45) is 3.07. The Bertz CT molecular complexity index is 1030. The number of rotatable bonds is 4. The number of anilines is 1. The van der Waals surface area contributed by atoms with E-state index < -0.39 is 20.7 Å². The molecule has 1 aromatic heterocycles. The number of nitrogens with zero attached hydrogens (tertiary/aromatic N) is 1. The summed E-state index contributed by atoms with van der Waals surface area (Å²) >= 11 is 1.47. The highest BCUT2D eigenvalue weighted by Crippen LogP contribution is 2.33. The van der Waals surface area contributed by atoms with E-state index >= 15 is 0 Å². The molecule has 1 aliphatic carbocycles. The van der Waals surface area contributed by atoms with Crippen LogP contribution in [0.25, 0.3) is 0 Å². The second-order valence-corrected chi connectivity index (χ2v) is 10.6. The number of fused-ring (bicyclic) bond motifs is 1. The largest absolute Gasteiger partial charge is 0.379 e. The van der Waals surface area contributed by atoms with Crippen LogP contribution in [0, 0.1) is 11.7 Å². The fraction of sp³-hybridized carbons (Fsp3) is 0.450. The van der Waals surface area contributed by atoms with E-state index in [1.165, 1.54) is 38.2 Å². The number of carbonyl (C=O) groups is 1. The summed E-state index contributed by atoms with van der Waals surface area (Å²) in [5, 5.41) is 2.72. The lowest BCUT2D eigenvalue weighted by molar-refractivity contribution is 0.0729. The van der Waals surface area contributed by atoms with Gasteiger partial charge in [0.2, 0.25) is 10.0 Å². The molecule has 0 saturated carbocycles. The number of thiophene rings is 1. The quantitative estimate of drug-likeness (QED) is 0.795. The first kappa shape index (κ1) is 20.5. The molecule has 6 nitrogen and oxygen atoms in total. The topological polar surface area (TPSA) is 75.7 Å². The molecule has 1 saturated heterocycles. The molecule has 1 aliphatic heterocycles. The van der Waals surface area contributed by atoms with Gasteiger partial charge in [0.05, 0.1) is 18.1 Å². The SMILES string of the molecule is C[C@H]1CCc2sc(C(=O)Nc3ccc(F)c(S(=O)(=O)N4CCOCC4)c3)cc2C1. The summed E-state index contributed by atoms with van der Waals surface area (Å²) in [6, 6.07) is 5.55. The van der Waals surface area contributed by atoms with Gasteiger partial charge in [0.25, 0.3) is 5.91 Å². The van der Waals surface area contributed by atoms with Crippen molar-refractivity contribution in [3.05, 3.63) is 45.4 Å². The zero-order valence-electron chi connectivity index (χ0n) is 16.1. The van der Waals surface area contributed by atoms with Crippen LogP contribution in [0.4, 0.5) is 10.1 Å². The molecular weight excluding hydrogens is 415 g/mol. The van der Waals surface area contributed by atoms with Gasteiger partial charge in [-0.2, -0.15) is 4.31 Å². The second-order valence-electron chi connectivity index (χ2n) is 7.52. The van der Waals surface area contributed by atoms with Gasteiger partial charge in [-0.1, -0.05) is 6.92 Å². The predicted molar refractivity (Wildman–Crippen MR) is 109 cm³/mol. The zero-order chi connectivity index (χ0) is 20.6. The number of carbonyl (C=O) groups excluding carboxylic acids is 1. The van der Waals surface area contributed by atoms with Crippen molar-refractivity contribution in [2.24, 2.45) is 5.92 Å². The number of sulfonamides is 1. The van der Waals surface area contributed by atoms with Gasteiger partial charge in [0.15, 0.2) is 0 Å². The fourth-order valence-electron chi connectivity index (χ4n) is 3.72. The van der Waals surface area contributed by atoms with Crippen molar-refractivity contribution < 1.29 is 22.3 Å². The number of halogens is 1. The van der Waals surface area contributed by atoms with Crippen molar-refractivity contribution in [2.45, 2.75) is 31.1 Å². The van der Waals surface area contributed by atoms with Gasteiger partial charge in [-0.25, -0.2) is 12.8 Å².